The number of hydrogen-bond acceptors (Lipinski definition) is 7. The summed E-state index contributed by atoms with van der Waals surface area (Å²) in [6.45, 7) is 8.28. The van der Waals surface area contributed by atoms with Gasteiger partial charge in [-0.05, 0) is 103 Å². The number of hydrogen-bond donors (Lipinski definition) is 2. The van der Waals surface area contributed by atoms with E-state index in [-0.39, 0.29) is 5.41 Å². The van der Waals surface area contributed by atoms with Gasteiger partial charge < -0.3 is 20.6 Å². The van der Waals surface area contributed by atoms with Crippen molar-refractivity contribution in [3.8, 4) is 0 Å². The summed E-state index contributed by atoms with van der Waals surface area (Å²) in [5.74, 6) is 2.28. The molecule has 2 fully saturated rings. The molecule has 2 aliphatic rings. The molecule has 2 aromatic rings. The highest BCUT2D eigenvalue weighted by atomic mass is 32.2. The van der Waals surface area contributed by atoms with E-state index in [1.165, 1.54) is 26.2 Å². The summed E-state index contributed by atoms with van der Waals surface area (Å²) in [4.78, 5) is 27.7. The van der Waals surface area contributed by atoms with Crippen LogP contribution in [0.15, 0.2) is 41.4 Å². The van der Waals surface area contributed by atoms with Crippen molar-refractivity contribution in [3.63, 3.8) is 0 Å². The molecule has 35 heavy (non-hydrogen) atoms. The molecule has 7 heteroatoms. The third-order valence-corrected chi connectivity index (χ3v) is 8.76. The van der Waals surface area contributed by atoms with Crippen molar-refractivity contribution in [1.82, 2.24) is 14.6 Å². The van der Waals surface area contributed by atoms with Crippen LogP contribution in [0.1, 0.15) is 53.4 Å². The number of benzene rings is 1. The number of nitrogens with two attached hydrogens (primary N) is 1. The van der Waals surface area contributed by atoms with Crippen LogP contribution >= 0.6 is 11.9 Å². The summed E-state index contributed by atoms with van der Waals surface area (Å²) in [5, 5.41) is 4.57. The van der Waals surface area contributed by atoms with E-state index in [1.54, 1.807) is 18.1 Å². The van der Waals surface area contributed by atoms with Gasteiger partial charge in [0.1, 0.15) is 12.6 Å². The maximum absolute atomic E-state index is 11.2. The Morgan fingerprint density at radius 1 is 1.17 bits per heavy atom. The standard InChI is InChI=1S/C14H16N2OS.C13H23NO.CH5N/c1-14(2,10-17)16(3)18-12-8-4-6-11-7-5-9-15-13(11)12;1-9-4-10-5-11(12(9)14-3)7-13(2,6-10)8-15;1-2/h4-10H,1-3H3;8-12,14H,4-7H2,1-3H3;2H2,1H3. The van der Waals surface area contributed by atoms with E-state index in [9.17, 15) is 9.59 Å². The van der Waals surface area contributed by atoms with Crippen molar-refractivity contribution in [2.24, 2.45) is 28.9 Å². The van der Waals surface area contributed by atoms with Gasteiger partial charge in [-0.15, -0.1) is 0 Å². The van der Waals surface area contributed by atoms with Crippen LogP contribution in [0.2, 0.25) is 0 Å². The number of rotatable bonds is 6. The summed E-state index contributed by atoms with van der Waals surface area (Å²) in [6.07, 6.45) is 8.78. The van der Waals surface area contributed by atoms with Gasteiger partial charge in [0.25, 0.3) is 0 Å². The van der Waals surface area contributed by atoms with Crippen LogP contribution in [-0.2, 0) is 9.59 Å². The van der Waals surface area contributed by atoms with Crippen LogP contribution in [0.5, 0.6) is 0 Å². The van der Waals surface area contributed by atoms with Gasteiger partial charge in [0, 0.05) is 27.9 Å². The normalized spacial score (nSPS) is 27.8. The number of aldehydes is 2. The van der Waals surface area contributed by atoms with Crippen LogP contribution in [0.3, 0.4) is 0 Å². The highest BCUT2D eigenvalue weighted by molar-refractivity contribution is 7.97. The molecule has 194 valence electrons. The van der Waals surface area contributed by atoms with Gasteiger partial charge in [-0.3, -0.25) is 4.98 Å². The first-order valence-electron chi connectivity index (χ1n) is 12.6. The maximum Gasteiger partial charge on any atom is 0.140 e. The van der Waals surface area contributed by atoms with E-state index in [2.05, 4.69) is 36.9 Å². The molecule has 2 aliphatic carbocycles. The minimum absolute atomic E-state index is 0.0389. The molecular formula is C28H44N4O2S. The maximum atomic E-state index is 11.2. The summed E-state index contributed by atoms with van der Waals surface area (Å²) in [6, 6.07) is 10.7. The fourth-order valence-corrected chi connectivity index (χ4v) is 6.60. The zero-order chi connectivity index (χ0) is 26.2. The second-order valence-electron chi connectivity index (χ2n) is 10.8. The predicted octanol–water partition coefficient (Wildman–Crippen LogP) is 4.96. The van der Waals surface area contributed by atoms with E-state index >= 15 is 0 Å². The van der Waals surface area contributed by atoms with E-state index in [1.807, 2.05) is 55.5 Å². The summed E-state index contributed by atoms with van der Waals surface area (Å²) in [7, 11) is 5.48. The highest BCUT2D eigenvalue weighted by Crippen LogP contribution is 2.49. The Balaban J connectivity index is 0.000000234. The predicted molar refractivity (Wildman–Crippen MR) is 147 cm³/mol. The van der Waals surface area contributed by atoms with E-state index in [4.69, 9.17) is 0 Å². The third kappa shape index (κ3) is 7.35. The first-order chi connectivity index (χ1) is 16.6. The Kier molecular flexibility index (Phi) is 10.9. The Bertz CT molecular complexity index is 962. The molecule has 1 aromatic carbocycles. The van der Waals surface area contributed by atoms with Crippen molar-refractivity contribution in [2.75, 3.05) is 21.1 Å². The first-order valence-corrected chi connectivity index (χ1v) is 13.3. The van der Waals surface area contributed by atoms with E-state index < -0.39 is 5.54 Å². The van der Waals surface area contributed by atoms with Crippen LogP contribution in [0.4, 0.5) is 0 Å². The monoisotopic (exact) mass is 500 g/mol. The fraction of sp³-hybridized carbons (Fsp3) is 0.607. The molecule has 1 aromatic heterocycles. The lowest BCUT2D eigenvalue weighted by molar-refractivity contribution is -0.120. The third-order valence-electron chi connectivity index (χ3n) is 7.49. The number of likely N-dealkylation sites (N-methyl/N-ethyl adjacent to an activating group) is 1. The van der Waals surface area contributed by atoms with Gasteiger partial charge in [0.05, 0.1) is 11.1 Å². The number of nitrogens with one attached hydrogen (secondary N) is 1. The second-order valence-corrected chi connectivity index (χ2v) is 11.9. The van der Waals surface area contributed by atoms with Crippen molar-refractivity contribution < 1.29 is 9.59 Å². The molecule has 1 heterocycles. The number of pyridine rings is 1. The minimum Gasteiger partial charge on any atom is -0.333 e. The Morgan fingerprint density at radius 3 is 2.49 bits per heavy atom. The number of aromatic nitrogens is 1. The minimum atomic E-state index is -0.498. The topological polar surface area (TPSA) is 88.3 Å². The lowest BCUT2D eigenvalue weighted by atomic mass is 9.58. The Hall–Kier alpha value is -1.80. The largest absolute Gasteiger partial charge is 0.333 e. The fourth-order valence-electron chi connectivity index (χ4n) is 5.63. The number of fused-ring (bicyclic) bond motifs is 3. The quantitative estimate of drug-likeness (QED) is 0.428. The van der Waals surface area contributed by atoms with Gasteiger partial charge in [0.2, 0.25) is 0 Å². The van der Waals surface area contributed by atoms with Crippen molar-refractivity contribution in [2.45, 2.75) is 69.9 Å². The Labute approximate surface area is 215 Å². The van der Waals surface area contributed by atoms with Crippen molar-refractivity contribution in [3.05, 3.63) is 36.5 Å². The molecule has 2 saturated carbocycles. The van der Waals surface area contributed by atoms with Gasteiger partial charge >= 0.3 is 0 Å². The molecule has 0 spiro atoms. The van der Waals surface area contributed by atoms with E-state index in [0.717, 1.165) is 46.8 Å². The molecule has 5 atom stereocenters. The van der Waals surface area contributed by atoms with Crippen LogP contribution in [0.25, 0.3) is 10.9 Å². The molecule has 0 radical (unpaired) electrons. The van der Waals surface area contributed by atoms with Crippen molar-refractivity contribution >= 4 is 35.4 Å². The van der Waals surface area contributed by atoms with Crippen LogP contribution < -0.4 is 11.1 Å². The molecule has 4 rings (SSSR count). The average Bonchev–Trinajstić information content (AvgIpc) is 2.85. The average molecular weight is 501 g/mol. The molecule has 0 saturated heterocycles. The van der Waals surface area contributed by atoms with Gasteiger partial charge in [-0.2, -0.15) is 0 Å². The molecule has 6 nitrogen and oxygen atoms in total. The van der Waals surface area contributed by atoms with Gasteiger partial charge in [-0.25, -0.2) is 4.31 Å². The first kappa shape index (κ1) is 29.4. The van der Waals surface area contributed by atoms with Crippen molar-refractivity contribution in [1.29, 1.82) is 0 Å². The summed E-state index contributed by atoms with van der Waals surface area (Å²) < 4.78 is 1.95. The second kappa shape index (κ2) is 12.9. The number of carbonyl (C=O) groups excluding carboxylic acids is 2. The van der Waals surface area contributed by atoms with Gasteiger partial charge in [-0.1, -0.05) is 32.0 Å². The summed E-state index contributed by atoms with van der Waals surface area (Å²) >= 11 is 1.54. The zero-order valence-corrected chi connectivity index (χ0v) is 23.3. The van der Waals surface area contributed by atoms with Crippen LogP contribution in [0, 0.1) is 23.2 Å². The zero-order valence-electron chi connectivity index (χ0n) is 22.5. The smallest absolute Gasteiger partial charge is 0.140 e. The highest BCUT2D eigenvalue weighted by Gasteiger charge is 2.45. The molecule has 3 N–H and O–H groups in total. The summed E-state index contributed by atoms with van der Waals surface area (Å²) in [5.41, 5.74) is 4.93. The van der Waals surface area contributed by atoms with Gasteiger partial charge in [0.15, 0.2) is 0 Å². The number of carbonyl (C=O) groups is 2. The Morgan fingerprint density at radius 2 is 1.86 bits per heavy atom. The molecule has 2 bridgehead atoms. The SMILES string of the molecule is CN.CN(Sc1cccc2cccnc12)C(C)(C)C=O.CNC1C(C)CC2CC1CC(C)(C=O)C2. The number of nitrogens with zero attached hydrogens (tertiary/aromatic N) is 2. The number of para-hydroxylation sites is 1. The lowest BCUT2D eigenvalue weighted by Crippen LogP contribution is -2.50. The molecular weight excluding hydrogens is 456 g/mol. The molecule has 0 amide bonds. The molecule has 0 aliphatic heterocycles. The lowest BCUT2D eigenvalue weighted by Gasteiger charge is -2.49. The molecule has 5 unspecified atom stereocenters. The van der Waals surface area contributed by atoms with E-state index in [0.29, 0.717) is 12.0 Å². The van der Waals surface area contributed by atoms with Crippen LogP contribution in [-0.4, -0.2) is 54.6 Å².